The Morgan fingerprint density at radius 3 is 2.68 bits per heavy atom. The number of hydrogen-bond acceptors (Lipinski definition) is 2. The summed E-state index contributed by atoms with van der Waals surface area (Å²) >= 11 is 1.89. The normalized spacial score (nSPS) is 19.9. The van der Waals surface area contributed by atoms with Gasteiger partial charge >= 0.3 is 0 Å². The van der Waals surface area contributed by atoms with Crippen molar-refractivity contribution < 1.29 is 0 Å². The van der Waals surface area contributed by atoms with Crippen LogP contribution < -0.4 is 5.32 Å². The third-order valence-corrected chi connectivity index (χ3v) is 6.01. The highest BCUT2D eigenvalue weighted by atomic mass is 32.1. The molecule has 1 aliphatic carbocycles. The van der Waals surface area contributed by atoms with Crippen LogP contribution in [-0.4, -0.2) is 7.05 Å². The first kappa shape index (κ1) is 13.1. The highest BCUT2D eigenvalue weighted by molar-refractivity contribution is 7.17. The molecule has 1 atom stereocenters. The summed E-state index contributed by atoms with van der Waals surface area (Å²) in [6.07, 6.45) is 6.82. The van der Waals surface area contributed by atoms with Gasteiger partial charge in [-0.25, -0.2) is 0 Å². The summed E-state index contributed by atoms with van der Waals surface area (Å²) in [6, 6.07) is 9.34. The first-order valence-corrected chi connectivity index (χ1v) is 8.32. The number of rotatable bonds is 4. The molecule has 3 rings (SSSR count). The van der Waals surface area contributed by atoms with Gasteiger partial charge in [0, 0.05) is 10.7 Å². The fourth-order valence-corrected chi connectivity index (χ4v) is 4.93. The largest absolute Gasteiger partial charge is 0.312 e. The van der Waals surface area contributed by atoms with E-state index in [0.717, 1.165) is 0 Å². The molecule has 1 aliphatic rings. The predicted octanol–water partition coefficient (Wildman–Crippen LogP) is 5.13. The second-order valence-corrected chi connectivity index (χ2v) is 6.74. The average Bonchev–Trinajstić information content (AvgIpc) is 3.08. The molecule has 102 valence electrons. The van der Waals surface area contributed by atoms with Crippen molar-refractivity contribution in [2.75, 3.05) is 7.05 Å². The van der Waals surface area contributed by atoms with Crippen molar-refractivity contribution >= 4 is 21.4 Å². The molecule has 1 fully saturated rings. The summed E-state index contributed by atoms with van der Waals surface area (Å²) in [6.45, 7) is 2.37. The molecule has 0 radical (unpaired) electrons. The Bertz CT molecular complexity index is 551. The lowest BCUT2D eigenvalue weighted by molar-refractivity contribution is 0.196. The minimum Gasteiger partial charge on any atom is -0.312 e. The first-order chi connectivity index (χ1) is 9.30. The van der Waals surface area contributed by atoms with E-state index in [4.69, 9.17) is 0 Å². The molecule has 0 bridgehead atoms. The van der Waals surface area contributed by atoms with E-state index in [-0.39, 0.29) is 0 Å². The zero-order valence-electron chi connectivity index (χ0n) is 11.9. The number of hydrogen-bond donors (Lipinski definition) is 1. The average molecular weight is 273 g/mol. The molecule has 0 saturated heterocycles. The highest BCUT2D eigenvalue weighted by Gasteiger charge is 2.40. The lowest BCUT2D eigenvalue weighted by atomic mass is 9.73. The van der Waals surface area contributed by atoms with Gasteiger partial charge in [0.1, 0.15) is 0 Å². The van der Waals surface area contributed by atoms with Crippen LogP contribution in [0, 0.1) is 5.41 Å². The van der Waals surface area contributed by atoms with Gasteiger partial charge in [0.15, 0.2) is 0 Å². The van der Waals surface area contributed by atoms with Gasteiger partial charge in [-0.3, -0.25) is 0 Å². The van der Waals surface area contributed by atoms with Crippen molar-refractivity contribution in [2.24, 2.45) is 5.41 Å². The van der Waals surface area contributed by atoms with Gasteiger partial charge in [0.25, 0.3) is 0 Å². The van der Waals surface area contributed by atoms with E-state index in [1.807, 2.05) is 11.3 Å². The maximum atomic E-state index is 3.64. The fourth-order valence-electron chi connectivity index (χ4n) is 3.94. The van der Waals surface area contributed by atoms with Crippen molar-refractivity contribution in [3.05, 3.63) is 35.2 Å². The molecular formula is C17H23NS. The molecular weight excluding hydrogens is 250 g/mol. The Morgan fingerprint density at radius 2 is 2.00 bits per heavy atom. The van der Waals surface area contributed by atoms with Crippen LogP contribution in [0.3, 0.4) is 0 Å². The van der Waals surface area contributed by atoms with E-state index in [2.05, 4.69) is 48.9 Å². The van der Waals surface area contributed by atoms with Crippen LogP contribution in [0.1, 0.15) is 50.6 Å². The minimum atomic E-state index is 0.471. The Labute approximate surface area is 120 Å². The third kappa shape index (κ3) is 2.11. The van der Waals surface area contributed by atoms with Crippen molar-refractivity contribution in [1.82, 2.24) is 5.32 Å². The van der Waals surface area contributed by atoms with Crippen molar-refractivity contribution in [3.63, 3.8) is 0 Å². The first-order valence-electron chi connectivity index (χ1n) is 7.44. The molecule has 19 heavy (non-hydrogen) atoms. The Hall–Kier alpha value is -0.860. The van der Waals surface area contributed by atoms with Crippen LogP contribution in [-0.2, 0) is 0 Å². The molecule has 2 aromatic rings. The Balaban J connectivity index is 2.06. The van der Waals surface area contributed by atoms with Gasteiger partial charge < -0.3 is 5.32 Å². The zero-order chi connectivity index (χ0) is 13.3. The second kappa shape index (κ2) is 5.26. The van der Waals surface area contributed by atoms with Crippen LogP contribution in [0.5, 0.6) is 0 Å². The molecule has 0 amide bonds. The standard InChI is InChI=1S/C17H23NS/c1-3-17(10-6-7-11-17)16(18-2)14-12-19-15-9-5-4-8-13(14)15/h4-5,8-9,12,16,18H,3,6-7,10-11H2,1-2H3. The lowest BCUT2D eigenvalue weighted by Gasteiger charge is -2.37. The zero-order valence-corrected chi connectivity index (χ0v) is 12.7. The predicted molar refractivity (Wildman–Crippen MR) is 84.8 cm³/mol. The van der Waals surface area contributed by atoms with Gasteiger partial charge in [0.05, 0.1) is 0 Å². The van der Waals surface area contributed by atoms with Crippen LogP contribution in [0.25, 0.3) is 10.1 Å². The minimum absolute atomic E-state index is 0.471. The summed E-state index contributed by atoms with van der Waals surface area (Å²) in [4.78, 5) is 0. The Kier molecular flexibility index (Phi) is 3.64. The molecule has 0 aliphatic heterocycles. The summed E-state index contributed by atoms with van der Waals surface area (Å²) < 4.78 is 1.42. The number of fused-ring (bicyclic) bond motifs is 1. The highest BCUT2D eigenvalue weighted by Crippen LogP contribution is 2.51. The molecule has 1 unspecified atom stereocenters. The summed E-state index contributed by atoms with van der Waals surface area (Å²) in [7, 11) is 2.13. The quantitative estimate of drug-likeness (QED) is 0.814. The SMILES string of the molecule is CCC1(C(NC)c2csc3ccccc23)CCCC1. The molecule has 1 heterocycles. The van der Waals surface area contributed by atoms with Gasteiger partial charge in [-0.1, -0.05) is 38.0 Å². The fraction of sp³-hybridized carbons (Fsp3) is 0.529. The van der Waals surface area contributed by atoms with Crippen molar-refractivity contribution in [1.29, 1.82) is 0 Å². The van der Waals surface area contributed by atoms with E-state index in [1.165, 1.54) is 47.8 Å². The number of benzene rings is 1. The van der Waals surface area contributed by atoms with E-state index in [0.29, 0.717) is 11.5 Å². The number of nitrogens with one attached hydrogen (secondary N) is 1. The van der Waals surface area contributed by atoms with Gasteiger partial charge in [-0.2, -0.15) is 0 Å². The smallest absolute Gasteiger partial charge is 0.0389 e. The van der Waals surface area contributed by atoms with E-state index >= 15 is 0 Å². The van der Waals surface area contributed by atoms with Crippen LogP contribution in [0.4, 0.5) is 0 Å². The maximum Gasteiger partial charge on any atom is 0.0389 e. The summed E-state index contributed by atoms with van der Waals surface area (Å²) in [5, 5.41) is 7.46. The topological polar surface area (TPSA) is 12.0 Å². The van der Waals surface area contributed by atoms with Crippen molar-refractivity contribution in [2.45, 2.75) is 45.1 Å². The van der Waals surface area contributed by atoms with Gasteiger partial charge in [0.2, 0.25) is 0 Å². The summed E-state index contributed by atoms with van der Waals surface area (Å²) in [5.41, 5.74) is 1.99. The van der Waals surface area contributed by atoms with Crippen LogP contribution >= 0.6 is 11.3 Å². The molecule has 0 spiro atoms. The molecule has 2 heteroatoms. The molecule has 1 aromatic heterocycles. The van der Waals surface area contributed by atoms with E-state index < -0.39 is 0 Å². The van der Waals surface area contributed by atoms with Crippen LogP contribution in [0.2, 0.25) is 0 Å². The lowest BCUT2D eigenvalue weighted by Crippen LogP contribution is -2.34. The summed E-state index contributed by atoms with van der Waals surface area (Å²) in [5.74, 6) is 0. The van der Waals surface area contributed by atoms with E-state index in [9.17, 15) is 0 Å². The monoisotopic (exact) mass is 273 g/mol. The van der Waals surface area contributed by atoms with Crippen molar-refractivity contribution in [3.8, 4) is 0 Å². The molecule has 1 aromatic carbocycles. The number of thiophene rings is 1. The molecule has 1 N–H and O–H groups in total. The van der Waals surface area contributed by atoms with E-state index in [1.54, 1.807) is 0 Å². The maximum absolute atomic E-state index is 3.64. The third-order valence-electron chi connectivity index (χ3n) is 5.03. The van der Waals surface area contributed by atoms with Crippen LogP contribution in [0.15, 0.2) is 29.6 Å². The van der Waals surface area contributed by atoms with Gasteiger partial charge in [-0.15, -0.1) is 11.3 Å². The van der Waals surface area contributed by atoms with Gasteiger partial charge in [-0.05, 0) is 54.1 Å². The molecule has 1 nitrogen and oxygen atoms in total. The Morgan fingerprint density at radius 1 is 1.26 bits per heavy atom. The second-order valence-electron chi connectivity index (χ2n) is 5.83. The molecule has 1 saturated carbocycles.